The third-order valence-electron chi connectivity index (χ3n) is 13.4. The van der Waals surface area contributed by atoms with Gasteiger partial charge < -0.3 is 30.1 Å². The number of fused-ring (bicyclic) bond motifs is 2. The van der Waals surface area contributed by atoms with Crippen LogP contribution in [-0.2, 0) is 11.3 Å². The summed E-state index contributed by atoms with van der Waals surface area (Å²) >= 11 is 0. The van der Waals surface area contributed by atoms with E-state index in [2.05, 4.69) is 45.8 Å². The number of aromatic nitrogens is 9. The monoisotopic (exact) mass is 871 g/mol. The van der Waals surface area contributed by atoms with Crippen LogP contribution in [0, 0.1) is 17.7 Å². The first-order chi connectivity index (χ1) is 30.6. The first-order valence-electron chi connectivity index (χ1n) is 22.0. The van der Waals surface area contributed by atoms with Crippen LogP contribution < -0.4 is 15.5 Å². The average Bonchev–Trinajstić information content (AvgIpc) is 4.11. The zero-order valence-electron chi connectivity index (χ0n) is 34.8. The van der Waals surface area contributed by atoms with Crippen LogP contribution in [-0.4, -0.2) is 123 Å². The van der Waals surface area contributed by atoms with E-state index < -0.39 is 42.3 Å². The number of aliphatic hydroxyl groups is 2. The van der Waals surface area contributed by atoms with Gasteiger partial charge in [0, 0.05) is 55.7 Å². The highest BCUT2D eigenvalue weighted by Crippen LogP contribution is 2.37. The molecular formula is C43H52F3N13O4. The molecule has 3 aliphatic heterocycles. The van der Waals surface area contributed by atoms with Crippen molar-refractivity contribution in [3.05, 3.63) is 72.5 Å². The molecule has 1 aliphatic carbocycles. The van der Waals surface area contributed by atoms with Crippen LogP contribution in [0.15, 0.2) is 55.4 Å². The summed E-state index contributed by atoms with van der Waals surface area (Å²) in [4.78, 5) is 22.8. The van der Waals surface area contributed by atoms with Crippen molar-refractivity contribution in [3.63, 3.8) is 0 Å². The Morgan fingerprint density at radius 2 is 1.70 bits per heavy atom. The van der Waals surface area contributed by atoms with Crippen LogP contribution in [0.4, 0.5) is 24.7 Å². The van der Waals surface area contributed by atoms with Crippen LogP contribution in [0.2, 0.25) is 0 Å². The second-order valence-electron chi connectivity index (χ2n) is 17.5. The second-order valence-corrected chi connectivity index (χ2v) is 17.5. The lowest BCUT2D eigenvalue weighted by molar-refractivity contribution is -0.0296. The number of hydrogen-bond donors (Lipinski definition) is 4. The minimum atomic E-state index is -2.86. The molecule has 4 N–H and O–H groups in total. The van der Waals surface area contributed by atoms with Gasteiger partial charge in [-0.1, -0.05) is 0 Å². The molecule has 3 atom stereocenters. The highest BCUT2D eigenvalue weighted by molar-refractivity contribution is 6.08. The molecule has 3 saturated heterocycles. The van der Waals surface area contributed by atoms with Gasteiger partial charge in [-0.05, 0) is 100 Å². The Bertz CT molecular complexity index is 2550. The number of aliphatic hydroxyl groups excluding tert-OH is 2. The molecule has 63 heavy (non-hydrogen) atoms. The molecule has 0 radical (unpaired) electrons. The predicted octanol–water partition coefficient (Wildman–Crippen LogP) is 5.01. The van der Waals surface area contributed by atoms with Gasteiger partial charge in [0.25, 0.3) is 12.3 Å². The van der Waals surface area contributed by atoms with Crippen molar-refractivity contribution in [2.75, 3.05) is 56.2 Å². The Morgan fingerprint density at radius 3 is 2.48 bits per heavy atom. The van der Waals surface area contributed by atoms with E-state index in [1.54, 1.807) is 28.0 Å². The fourth-order valence-electron chi connectivity index (χ4n) is 9.95. The Balaban J connectivity index is 0.714. The maximum absolute atomic E-state index is 15.0. The van der Waals surface area contributed by atoms with Gasteiger partial charge in [-0.15, -0.1) is 0 Å². The topological polar surface area (TPSA) is 181 Å². The van der Waals surface area contributed by atoms with Gasteiger partial charge in [0.1, 0.15) is 29.7 Å². The van der Waals surface area contributed by atoms with Crippen LogP contribution in [0.1, 0.15) is 85.9 Å². The molecule has 10 rings (SSSR count). The van der Waals surface area contributed by atoms with E-state index in [9.17, 15) is 23.8 Å². The third-order valence-corrected chi connectivity index (χ3v) is 13.4. The maximum Gasteiger partial charge on any atom is 0.284 e. The molecular weight excluding hydrogens is 820 g/mol. The Labute approximate surface area is 360 Å². The SMILES string of the molecule is O=C(Nc1cn(C2CCC(CN3CCC(Cn4cc(-c5cc(F)cc6c5cnn6[C@@H]5CC[C@@H](O)N[C@@H]5O)cn4)CC3)CC2)nc1C(F)F)c1cnn2ccc(N3CCOCC3)nc12. The lowest BCUT2D eigenvalue weighted by Crippen LogP contribution is -2.48. The number of carbonyl (C=O) groups excluding carboxylic acids is 1. The van der Waals surface area contributed by atoms with Crippen molar-refractivity contribution in [3.8, 4) is 11.1 Å². The molecule has 4 aliphatic rings. The lowest BCUT2D eigenvalue weighted by Gasteiger charge is -2.36. The van der Waals surface area contributed by atoms with Crippen molar-refractivity contribution in [1.29, 1.82) is 0 Å². The number of ether oxygens (including phenoxy) is 1. The van der Waals surface area contributed by atoms with Gasteiger partial charge in [0.15, 0.2) is 11.3 Å². The van der Waals surface area contributed by atoms with E-state index in [1.807, 2.05) is 16.9 Å². The molecule has 17 nitrogen and oxygen atoms in total. The molecule has 0 unspecified atom stereocenters. The summed E-state index contributed by atoms with van der Waals surface area (Å²) in [5, 5.41) is 44.4. The number of hydrogen-bond acceptors (Lipinski definition) is 12. The molecule has 1 aromatic carbocycles. The van der Waals surface area contributed by atoms with Gasteiger partial charge in [0.05, 0.1) is 55.1 Å². The Kier molecular flexibility index (Phi) is 11.6. The van der Waals surface area contributed by atoms with Gasteiger partial charge in [-0.2, -0.15) is 20.4 Å². The van der Waals surface area contributed by atoms with Gasteiger partial charge >= 0.3 is 0 Å². The molecule has 0 bridgehead atoms. The summed E-state index contributed by atoms with van der Waals surface area (Å²) in [6.07, 6.45) is 12.0. The summed E-state index contributed by atoms with van der Waals surface area (Å²) in [5.41, 5.74) is 2.13. The molecule has 1 saturated carbocycles. The largest absolute Gasteiger partial charge is 0.379 e. The molecule has 334 valence electrons. The molecule has 0 spiro atoms. The normalized spacial score (nSPS) is 24.2. The van der Waals surface area contributed by atoms with E-state index in [0.717, 1.165) is 75.7 Å². The number of carbonyl (C=O) groups is 1. The average molecular weight is 872 g/mol. The first kappa shape index (κ1) is 41.6. The van der Waals surface area contributed by atoms with Crippen LogP contribution >= 0.6 is 0 Å². The number of rotatable bonds is 11. The number of halogens is 3. The summed E-state index contributed by atoms with van der Waals surface area (Å²) in [6, 6.07) is 4.28. The molecule has 4 fully saturated rings. The fourth-order valence-corrected chi connectivity index (χ4v) is 9.95. The standard InChI is InChI=1S/C43H52F3N13O4/c44-29-17-31(32-20-49-59(36(32)18-29)35-5-6-38(60)52-43(35)62)28-19-47-56(24-28)23-27-7-10-54(11-8-27)22-26-1-3-30(4-2-26)58-25-34(39(53-58)40(45)46)50-42(61)33-21-48-57-12-9-37(51-41(33)57)55-13-15-63-16-14-55/h9,12,17-21,24-27,30,35,38,40,43,52,60,62H,1-8,10-11,13-16,22-23H2,(H,50,61)/t26?,30?,35-,38-,43-/m1/s1. The van der Waals surface area contributed by atoms with Crippen molar-refractivity contribution < 1.29 is 32.9 Å². The number of morpholine rings is 1. The number of alkyl halides is 2. The predicted molar refractivity (Wildman–Crippen MR) is 226 cm³/mol. The number of amides is 1. The van der Waals surface area contributed by atoms with E-state index in [4.69, 9.17) is 4.74 Å². The Morgan fingerprint density at radius 1 is 0.905 bits per heavy atom. The summed E-state index contributed by atoms with van der Waals surface area (Å²) in [6.45, 7) is 6.24. The fraction of sp³-hybridized carbons (Fsp3) is 0.535. The number of anilines is 2. The zero-order valence-corrected chi connectivity index (χ0v) is 34.8. The van der Waals surface area contributed by atoms with Crippen molar-refractivity contribution in [2.24, 2.45) is 11.8 Å². The van der Waals surface area contributed by atoms with E-state index >= 15 is 4.39 Å². The van der Waals surface area contributed by atoms with Crippen molar-refractivity contribution in [1.82, 2.24) is 54.2 Å². The second kappa shape index (κ2) is 17.6. The lowest BCUT2D eigenvalue weighted by atomic mass is 9.85. The third kappa shape index (κ3) is 8.65. The van der Waals surface area contributed by atoms with E-state index in [1.165, 1.54) is 29.0 Å². The Hall–Kier alpha value is -5.41. The summed E-state index contributed by atoms with van der Waals surface area (Å²) in [5.74, 6) is 0.663. The minimum absolute atomic E-state index is 0.00884. The number of nitrogens with zero attached hydrogens (tertiary/aromatic N) is 11. The van der Waals surface area contributed by atoms with Crippen LogP contribution in [0.5, 0.6) is 0 Å². The number of benzene rings is 1. The molecule has 6 aromatic rings. The zero-order chi connectivity index (χ0) is 43.2. The number of nitrogens with one attached hydrogen (secondary N) is 2. The molecule has 20 heteroatoms. The smallest absolute Gasteiger partial charge is 0.284 e. The first-order valence-corrected chi connectivity index (χ1v) is 22.0. The van der Waals surface area contributed by atoms with Crippen LogP contribution in [0.25, 0.3) is 27.7 Å². The highest BCUT2D eigenvalue weighted by atomic mass is 19.3. The molecule has 8 heterocycles. The molecule has 1 amide bonds. The van der Waals surface area contributed by atoms with Gasteiger partial charge in [-0.25, -0.2) is 22.7 Å². The van der Waals surface area contributed by atoms with Crippen molar-refractivity contribution in [2.45, 2.75) is 88.9 Å². The minimum Gasteiger partial charge on any atom is -0.379 e. The number of likely N-dealkylation sites (tertiary alicyclic amines) is 1. The van der Waals surface area contributed by atoms with Crippen molar-refractivity contribution >= 4 is 34.0 Å². The van der Waals surface area contributed by atoms with Gasteiger partial charge in [0.2, 0.25) is 0 Å². The highest BCUT2D eigenvalue weighted by Gasteiger charge is 2.32. The van der Waals surface area contributed by atoms with Crippen LogP contribution in [0.3, 0.4) is 0 Å². The maximum atomic E-state index is 15.0. The number of piperidine rings is 2. The summed E-state index contributed by atoms with van der Waals surface area (Å²) in [7, 11) is 0. The van der Waals surface area contributed by atoms with Gasteiger partial charge in [-0.3, -0.25) is 24.2 Å². The quantitative estimate of drug-likeness (QED) is 0.137. The molecule has 5 aromatic heterocycles. The van der Waals surface area contributed by atoms with E-state index in [-0.39, 0.29) is 17.3 Å². The summed E-state index contributed by atoms with van der Waals surface area (Å²) < 4.78 is 55.7. The van der Waals surface area contributed by atoms with E-state index in [0.29, 0.717) is 73.5 Å².